The molecule has 32 heavy (non-hydrogen) atoms. The number of phenols is 1. The molecule has 10 nitrogen and oxygen atoms in total. The Morgan fingerprint density at radius 1 is 0.938 bits per heavy atom. The lowest BCUT2D eigenvalue weighted by Gasteiger charge is -2.23. The number of carboxylic acid groups (broad SMARTS) is 1. The molecule has 10 heteroatoms. The van der Waals surface area contributed by atoms with Crippen LogP contribution >= 0.6 is 0 Å². The number of hydrogen-bond donors (Lipinski definition) is 6. The molecule has 0 bridgehead atoms. The van der Waals surface area contributed by atoms with Gasteiger partial charge in [-0.3, -0.25) is 14.4 Å². The van der Waals surface area contributed by atoms with Gasteiger partial charge < -0.3 is 31.9 Å². The van der Waals surface area contributed by atoms with Crippen LogP contribution in [-0.2, 0) is 25.6 Å². The molecular formula is C22H34N4O6. The molecule has 0 fully saturated rings. The second kappa shape index (κ2) is 12.7. The van der Waals surface area contributed by atoms with Crippen molar-refractivity contribution in [2.45, 2.75) is 58.7 Å². The predicted molar refractivity (Wildman–Crippen MR) is 119 cm³/mol. The van der Waals surface area contributed by atoms with Gasteiger partial charge in [-0.1, -0.05) is 39.8 Å². The van der Waals surface area contributed by atoms with Crippen molar-refractivity contribution in [2.75, 3.05) is 6.54 Å². The number of benzene rings is 1. The monoisotopic (exact) mass is 450 g/mol. The molecule has 0 saturated carbocycles. The second-order valence-corrected chi connectivity index (χ2v) is 8.51. The molecule has 0 aliphatic heterocycles. The van der Waals surface area contributed by atoms with E-state index >= 15 is 0 Å². The zero-order valence-corrected chi connectivity index (χ0v) is 18.9. The lowest BCUT2D eigenvalue weighted by molar-refractivity contribution is -0.141. The largest absolute Gasteiger partial charge is 0.508 e. The number of nitrogens with two attached hydrogens (primary N) is 1. The van der Waals surface area contributed by atoms with Crippen LogP contribution in [0.2, 0.25) is 0 Å². The number of carboxylic acids is 1. The molecule has 0 heterocycles. The molecular weight excluding hydrogens is 416 g/mol. The smallest absolute Gasteiger partial charge is 0.326 e. The number of aromatic hydroxyl groups is 1. The minimum Gasteiger partial charge on any atom is -0.508 e. The van der Waals surface area contributed by atoms with Gasteiger partial charge in [-0.25, -0.2) is 4.79 Å². The van der Waals surface area contributed by atoms with Gasteiger partial charge in [0.1, 0.15) is 17.8 Å². The molecule has 3 atom stereocenters. The van der Waals surface area contributed by atoms with Gasteiger partial charge >= 0.3 is 5.97 Å². The molecule has 0 spiro atoms. The van der Waals surface area contributed by atoms with Crippen molar-refractivity contribution in [3.63, 3.8) is 0 Å². The Kier molecular flexibility index (Phi) is 10.6. The van der Waals surface area contributed by atoms with E-state index in [4.69, 9.17) is 5.73 Å². The molecule has 3 amide bonds. The van der Waals surface area contributed by atoms with Crippen LogP contribution in [0.3, 0.4) is 0 Å². The van der Waals surface area contributed by atoms with Crippen LogP contribution in [0.25, 0.3) is 0 Å². The van der Waals surface area contributed by atoms with Crippen LogP contribution in [0.4, 0.5) is 0 Å². The average Bonchev–Trinajstić information content (AvgIpc) is 2.71. The summed E-state index contributed by atoms with van der Waals surface area (Å²) in [5.41, 5.74) is 6.45. The van der Waals surface area contributed by atoms with Crippen molar-refractivity contribution in [2.24, 2.45) is 17.6 Å². The van der Waals surface area contributed by atoms with Crippen molar-refractivity contribution in [1.29, 1.82) is 0 Å². The van der Waals surface area contributed by atoms with Crippen LogP contribution in [0.1, 0.15) is 39.7 Å². The van der Waals surface area contributed by atoms with Gasteiger partial charge in [0, 0.05) is 6.42 Å². The topological polar surface area (TPSA) is 171 Å². The molecule has 178 valence electrons. The highest BCUT2D eigenvalue weighted by Gasteiger charge is 2.27. The first-order chi connectivity index (χ1) is 14.9. The third-order valence-corrected chi connectivity index (χ3v) is 4.79. The Morgan fingerprint density at radius 3 is 2.03 bits per heavy atom. The standard InChI is InChI=1S/C22H34N4O6/c1-12(2)9-16(26-21(30)19(23)13(3)4)20(29)24-11-18(28)25-17(22(31)32)10-14-5-7-15(27)8-6-14/h5-8,12-13,16-17,19,27H,9-11,23H2,1-4H3,(H,24,29)(H,25,28)(H,26,30)(H,31,32)/t16-,17-,19-/m0/s1. The molecule has 7 N–H and O–H groups in total. The molecule has 0 aliphatic carbocycles. The average molecular weight is 451 g/mol. The fourth-order valence-corrected chi connectivity index (χ4v) is 2.88. The maximum atomic E-state index is 12.6. The van der Waals surface area contributed by atoms with E-state index in [1.807, 2.05) is 13.8 Å². The first kappa shape index (κ1) is 26.9. The highest BCUT2D eigenvalue weighted by atomic mass is 16.4. The molecule has 0 unspecified atom stereocenters. The number of amides is 3. The summed E-state index contributed by atoms with van der Waals surface area (Å²) >= 11 is 0. The fraction of sp³-hybridized carbons (Fsp3) is 0.545. The zero-order valence-electron chi connectivity index (χ0n) is 18.9. The van der Waals surface area contributed by atoms with E-state index in [1.165, 1.54) is 12.1 Å². The third kappa shape index (κ3) is 9.34. The Bertz CT molecular complexity index is 794. The number of rotatable bonds is 12. The molecule has 1 aromatic rings. The summed E-state index contributed by atoms with van der Waals surface area (Å²) in [5.74, 6) is -2.89. The maximum absolute atomic E-state index is 12.6. The van der Waals surface area contributed by atoms with E-state index in [0.29, 0.717) is 12.0 Å². The summed E-state index contributed by atoms with van der Waals surface area (Å²) in [5, 5.41) is 26.1. The molecule has 1 aromatic carbocycles. The van der Waals surface area contributed by atoms with Gasteiger partial charge in [-0.15, -0.1) is 0 Å². The SMILES string of the molecule is CC(C)C[C@H](NC(=O)[C@@H](N)C(C)C)C(=O)NCC(=O)N[C@@H](Cc1ccc(O)cc1)C(=O)O. The van der Waals surface area contributed by atoms with Crippen LogP contribution in [0.15, 0.2) is 24.3 Å². The van der Waals surface area contributed by atoms with Gasteiger partial charge in [0.15, 0.2) is 0 Å². The van der Waals surface area contributed by atoms with Crippen LogP contribution in [0, 0.1) is 11.8 Å². The first-order valence-electron chi connectivity index (χ1n) is 10.5. The molecule has 1 rings (SSSR count). The summed E-state index contributed by atoms with van der Waals surface area (Å²) in [6.45, 7) is 6.93. The van der Waals surface area contributed by atoms with Gasteiger partial charge in [0.2, 0.25) is 17.7 Å². The molecule has 0 aromatic heterocycles. The van der Waals surface area contributed by atoms with Crippen LogP contribution in [0.5, 0.6) is 5.75 Å². The van der Waals surface area contributed by atoms with Crippen molar-refractivity contribution in [1.82, 2.24) is 16.0 Å². The molecule has 0 aliphatic rings. The Balaban J connectivity index is 2.68. The van der Waals surface area contributed by atoms with Gasteiger partial charge in [-0.05, 0) is 36.0 Å². The molecule has 0 saturated heterocycles. The number of phenolic OH excluding ortho intramolecular Hbond substituents is 1. The summed E-state index contributed by atoms with van der Waals surface area (Å²) in [6.07, 6.45) is 0.358. The minimum absolute atomic E-state index is 0.00836. The molecule has 0 radical (unpaired) electrons. The van der Waals surface area contributed by atoms with Crippen molar-refractivity contribution < 1.29 is 29.4 Å². The van der Waals surface area contributed by atoms with E-state index < -0.39 is 48.4 Å². The summed E-state index contributed by atoms with van der Waals surface area (Å²) in [6, 6.07) is 3.11. The van der Waals surface area contributed by atoms with Gasteiger partial charge in [-0.2, -0.15) is 0 Å². The highest BCUT2D eigenvalue weighted by Crippen LogP contribution is 2.11. The third-order valence-electron chi connectivity index (χ3n) is 4.79. The van der Waals surface area contributed by atoms with Gasteiger partial charge in [0.05, 0.1) is 12.6 Å². The van der Waals surface area contributed by atoms with Crippen molar-refractivity contribution in [3.05, 3.63) is 29.8 Å². The quantitative estimate of drug-likeness (QED) is 0.263. The van der Waals surface area contributed by atoms with E-state index in [1.54, 1.807) is 26.0 Å². The number of carbonyl (C=O) groups excluding carboxylic acids is 3. The van der Waals surface area contributed by atoms with E-state index in [-0.39, 0.29) is 24.0 Å². The lowest BCUT2D eigenvalue weighted by Crippen LogP contribution is -2.54. The number of carbonyl (C=O) groups is 4. The fourth-order valence-electron chi connectivity index (χ4n) is 2.88. The summed E-state index contributed by atoms with van der Waals surface area (Å²) in [4.78, 5) is 48.6. The van der Waals surface area contributed by atoms with Crippen LogP contribution < -0.4 is 21.7 Å². The van der Waals surface area contributed by atoms with Crippen molar-refractivity contribution in [3.8, 4) is 5.75 Å². The lowest BCUT2D eigenvalue weighted by atomic mass is 10.0. The minimum atomic E-state index is -1.23. The number of aliphatic carboxylic acids is 1. The first-order valence-corrected chi connectivity index (χ1v) is 10.5. The Labute approximate surface area is 187 Å². The number of hydrogen-bond acceptors (Lipinski definition) is 6. The second-order valence-electron chi connectivity index (χ2n) is 8.51. The normalized spacial score (nSPS) is 13.8. The van der Waals surface area contributed by atoms with E-state index in [2.05, 4.69) is 16.0 Å². The predicted octanol–water partition coefficient (Wildman–Crippen LogP) is 0.135. The van der Waals surface area contributed by atoms with E-state index in [0.717, 1.165) is 0 Å². The highest BCUT2D eigenvalue weighted by molar-refractivity contribution is 5.92. The van der Waals surface area contributed by atoms with Crippen molar-refractivity contribution >= 4 is 23.7 Å². The number of nitrogens with one attached hydrogen (secondary N) is 3. The Morgan fingerprint density at radius 2 is 1.53 bits per heavy atom. The zero-order chi connectivity index (χ0) is 24.4. The van der Waals surface area contributed by atoms with Gasteiger partial charge in [0.25, 0.3) is 0 Å². The Hall–Kier alpha value is -3.14. The van der Waals surface area contributed by atoms with E-state index in [9.17, 15) is 29.4 Å². The van der Waals surface area contributed by atoms with Crippen LogP contribution in [-0.4, -0.2) is 58.6 Å². The maximum Gasteiger partial charge on any atom is 0.326 e. The summed E-state index contributed by atoms with van der Waals surface area (Å²) < 4.78 is 0. The summed E-state index contributed by atoms with van der Waals surface area (Å²) in [7, 11) is 0.